The third-order valence-electron chi connectivity index (χ3n) is 0. The van der Waals surface area contributed by atoms with Crippen LogP contribution in [0.25, 0.3) is 0 Å². The summed E-state index contributed by atoms with van der Waals surface area (Å²) in [5.74, 6) is 0. The summed E-state index contributed by atoms with van der Waals surface area (Å²) in [6.45, 7) is 0. The molecule has 0 aromatic rings. The zero-order valence-electron chi connectivity index (χ0n) is 2.42. The average Bonchev–Trinajstić information content (AvgIpc) is 0.811. The SMILES string of the molecule is O=S(O)O.[MgH2].[Zn]. The smallest absolute Gasteiger partial charge is 0.284 e. The summed E-state index contributed by atoms with van der Waals surface area (Å²) in [6.07, 6.45) is 0. The third-order valence-corrected chi connectivity index (χ3v) is 0. The van der Waals surface area contributed by atoms with Gasteiger partial charge < -0.3 is 0 Å². The van der Waals surface area contributed by atoms with Crippen LogP contribution in [0.15, 0.2) is 0 Å². The van der Waals surface area contributed by atoms with Gasteiger partial charge in [-0.25, -0.2) is 0 Å². The Labute approximate surface area is 66.9 Å². The summed E-state index contributed by atoms with van der Waals surface area (Å²) in [4.78, 5) is 0. The second-order valence-corrected chi connectivity index (χ2v) is 0.692. The molecule has 0 aliphatic carbocycles. The molecule has 0 amide bonds. The summed E-state index contributed by atoms with van der Waals surface area (Å²) in [5, 5.41) is 0. The molecule has 0 spiro atoms. The van der Waals surface area contributed by atoms with Gasteiger partial charge in [-0.05, 0) is 0 Å². The van der Waals surface area contributed by atoms with Gasteiger partial charge in [0.15, 0.2) is 0 Å². The molecule has 0 saturated carbocycles. The average molecular weight is 174 g/mol. The largest absolute Gasteiger partial charge is 0.316 e. The molecule has 0 heterocycles. The van der Waals surface area contributed by atoms with Crippen LogP contribution in [0.4, 0.5) is 0 Å². The van der Waals surface area contributed by atoms with Crippen molar-refractivity contribution >= 4 is 34.4 Å². The molecule has 2 N–H and O–H groups in total. The first kappa shape index (κ1) is 15.7. The summed E-state index contributed by atoms with van der Waals surface area (Å²) in [6, 6.07) is 0. The van der Waals surface area contributed by atoms with E-state index in [-0.39, 0.29) is 42.5 Å². The van der Waals surface area contributed by atoms with Gasteiger partial charge in [-0.1, -0.05) is 0 Å². The first-order valence-corrected chi connectivity index (χ1v) is 1.60. The van der Waals surface area contributed by atoms with E-state index in [1.807, 2.05) is 0 Å². The molecule has 32 valence electrons. The van der Waals surface area contributed by atoms with Crippen LogP contribution in [-0.4, -0.2) is 36.4 Å². The Balaban J connectivity index is -0.0000000450. The maximum atomic E-state index is 8.67. The standard InChI is InChI=1S/Mg.H2O3S.Zn.2H/c;1-4(2)3;;;/h;(H2,1,2,3);;;. The molecule has 0 bridgehead atoms. The van der Waals surface area contributed by atoms with Crippen molar-refractivity contribution in [2.75, 3.05) is 0 Å². The van der Waals surface area contributed by atoms with Crippen molar-refractivity contribution in [3.8, 4) is 0 Å². The Kier molecular flexibility index (Phi) is 25.3. The Morgan fingerprint density at radius 3 is 1.33 bits per heavy atom. The minimum Gasteiger partial charge on any atom is -0.284 e. The van der Waals surface area contributed by atoms with Crippen LogP contribution in [-0.2, 0) is 30.8 Å². The number of hydrogen-bond donors (Lipinski definition) is 2. The van der Waals surface area contributed by atoms with Crippen LogP contribution in [0.5, 0.6) is 0 Å². The van der Waals surface area contributed by atoms with E-state index in [1.54, 1.807) is 0 Å². The first-order chi connectivity index (χ1) is 1.73. The molecule has 0 unspecified atom stereocenters. The molecule has 0 radical (unpaired) electrons. The van der Waals surface area contributed by atoms with E-state index in [2.05, 4.69) is 0 Å². The predicted octanol–water partition coefficient (Wildman–Crippen LogP) is -1.24. The van der Waals surface area contributed by atoms with Crippen molar-refractivity contribution in [3.05, 3.63) is 0 Å². The minimum atomic E-state index is -2.61. The van der Waals surface area contributed by atoms with Gasteiger partial charge in [0, 0.05) is 19.5 Å². The van der Waals surface area contributed by atoms with E-state index in [0.29, 0.717) is 0 Å². The van der Waals surface area contributed by atoms with E-state index in [1.165, 1.54) is 0 Å². The molecule has 0 saturated heterocycles. The van der Waals surface area contributed by atoms with Gasteiger partial charge in [-0.2, -0.15) is 4.21 Å². The van der Waals surface area contributed by atoms with Gasteiger partial charge in [-0.15, -0.1) is 0 Å². The van der Waals surface area contributed by atoms with Crippen molar-refractivity contribution in [3.63, 3.8) is 0 Å². The van der Waals surface area contributed by atoms with Crippen molar-refractivity contribution < 1.29 is 32.8 Å². The predicted molar refractivity (Wildman–Crippen MR) is 21.9 cm³/mol. The van der Waals surface area contributed by atoms with Crippen molar-refractivity contribution in [2.45, 2.75) is 0 Å². The van der Waals surface area contributed by atoms with Crippen LogP contribution in [0.2, 0.25) is 0 Å². The van der Waals surface area contributed by atoms with Crippen LogP contribution in [0.3, 0.4) is 0 Å². The number of hydrogen-bond acceptors (Lipinski definition) is 1. The first-order valence-electron chi connectivity index (χ1n) is 0.532. The minimum absolute atomic E-state index is 0. The Bertz CT molecular complexity index is 33.8. The molecule has 0 atom stereocenters. The van der Waals surface area contributed by atoms with Gasteiger partial charge in [-0.3, -0.25) is 9.11 Å². The fourth-order valence-electron chi connectivity index (χ4n) is 0. The topological polar surface area (TPSA) is 57.5 Å². The van der Waals surface area contributed by atoms with Crippen LogP contribution in [0, 0.1) is 0 Å². The van der Waals surface area contributed by atoms with Crippen molar-refractivity contribution in [1.82, 2.24) is 0 Å². The van der Waals surface area contributed by atoms with Gasteiger partial charge in [0.2, 0.25) is 0 Å². The molecule has 0 rings (SSSR count). The third kappa shape index (κ3) is 51.0. The van der Waals surface area contributed by atoms with Crippen molar-refractivity contribution in [1.29, 1.82) is 0 Å². The van der Waals surface area contributed by atoms with Gasteiger partial charge >= 0.3 is 23.1 Å². The van der Waals surface area contributed by atoms with Crippen LogP contribution in [0.1, 0.15) is 0 Å². The van der Waals surface area contributed by atoms with E-state index < -0.39 is 11.4 Å². The van der Waals surface area contributed by atoms with Crippen LogP contribution < -0.4 is 0 Å². The fraction of sp³-hybridized carbons (Fsp3) is 0. The molecular weight excluding hydrogens is 170 g/mol. The molecule has 3 nitrogen and oxygen atoms in total. The molecule has 0 fully saturated rings. The molecule has 6 heavy (non-hydrogen) atoms. The van der Waals surface area contributed by atoms with E-state index >= 15 is 0 Å². The van der Waals surface area contributed by atoms with Gasteiger partial charge in [0.25, 0.3) is 11.4 Å². The van der Waals surface area contributed by atoms with Gasteiger partial charge in [0.05, 0.1) is 0 Å². The van der Waals surface area contributed by atoms with Crippen molar-refractivity contribution in [2.24, 2.45) is 0 Å². The summed E-state index contributed by atoms with van der Waals surface area (Å²) in [5.41, 5.74) is 0. The van der Waals surface area contributed by atoms with Crippen LogP contribution >= 0.6 is 0 Å². The monoisotopic (exact) mass is 172 g/mol. The van der Waals surface area contributed by atoms with E-state index in [9.17, 15) is 0 Å². The molecule has 0 aliphatic heterocycles. The molecule has 6 heteroatoms. The summed E-state index contributed by atoms with van der Waals surface area (Å²) in [7, 11) is 0. The molecule has 0 aromatic heterocycles. The summed E-state index contributed by atoms with van der Waals surface area (Å²) >= 11 is -2.61. The molecule has 0 aliphatic rings. The zero-order chi connectivity index (χ0) is 3.58. The Hall–Kier alpha value is 1.46. The fourth-order valence-corrected chi connectivity index (χ4v) is 0. The Morgan fingerprint density at radius 2 is 1.33 bits per heavy atom. The van der Waals surface area contributed by atoms with E-state index in [4.69, 9.17) is 13.3 Å². The maximum Gasteiger partial charge on any atom is 0.316 e. The molecule has 0 aromatic carbocycles. The second kappa shape index (κ2) is 9.68. The second-order valence-electron chi connectivity index (χ2n) is 0.231. The van der Waals surface area contributed by atoms with Gasteiger partial charge in [0.1, 0.15) is 0 Å². The quantitative estimate of drug-likeness (QED) is 0.356. The normalized spacial score (nSPS) is 5.83. The molecular formula is H4MgO3SZn. The number of rotatable bonds is 0. The maximum absolute atomic E-state index is 8.67. The zero-order valence-corrected chi connectivity index (χ0v) is 6.20. The Morgan fingerprint density at radius 1 is 1.33 bits per heavy atom. The summed E-state index contributed by atoms with van der Waals surface area (Å²) < 4.78 is 22.8. The van der Waals surface area contributed by atoms with E-state index in [0.717, 1.165) is 0 Å².